The van der Waals surface area contributed by atoms with Gasteiger partial charge in [0.15, 0.2) is 11.4 Å². The van der Waals surface area contributed by atoms with Gasteiger partial charge in [0.1, 0.15) is 5.82 Å². The van der Waals surface area contributed by atoms with Crippen molar-refractivity contribution in [2.45, 2.75) is 38.7 Å². The van der Waals surface area contributed by atoms with Gasteiger partial charge in [0.2, 0.25) is 5.91 Å². The molecule has 0 atom stereocenters. The van der Waals surface area contributed by atoms with Crippen LogP contribution in [-0.4, -0.2) is 51.5 Å². The Balaban J connectivity index is 1.54. The van der Waals surface area contributed by atoms with Crippen molar-refractivity contribution < 1.29 is 14.7 Å². The maximum Gasteiger partial charge on any atom is 0.222 e. The molecule has 0 saturated carbocycles. The molecular weight excluding hydrogens is 406 g/mol. The summed E-state index contributed by atoms with van der Waals surface area (Å²) in [4.78, 5) is 31.7. The number of carbonyl (C=O) groups excluding carboxylic acids is 2. The Kier molecular flexibility index (Phi) is 5.97. The number of amides is 1. The highest BCUT2D eigenvalue weighted by Gasteiger charge is 2.26. The van der Waals surface area contributed by atoms with E-state index in [2.05, 4.69) is 20.3 Å². The van der Waals surface area contributed by atoms with Gasteiger partial charge in [0.25, 0.3) is 0 Å². The summed E-state index contributed by atoms with van der Waals surface area (Å²) in [5.41, 5.74) is 1.77. The molecule has 0 bridgehead atoms. The van der Waals surface area contributed by atoms with E-state index in [1.807, 2.05) is 12.1 Å². The number of ketones is 1. The molecule has 4 rings (SSSR count). The van der Waals surface area contributed by atoms with E-state index in [1.54, 1.807) is 55.9 Å². The van der Waals surface area contributed by atoms with Gasteiger partial charge < -0.3 is 15.3 Å². The van der Waals surface area contributed by atoms with Gasteiger partial charge in [-0.15, -0.1) is 0 Å². The quantitative estimate of drug-likeness (QED) is 0.577. The lowest BCUT2D eigenvalue weighted by molar-refractivity contribution is -0.125. The number of carbonyl (C=O) groups is 2. The van der Waals surface area contributed by atoms with E-state index in [1.165, 1.54) is 0 Å². The molecule has 0 unspecified atom stereocenters. The van der Waals surface area contributed by atoms with Crippen LogP contribution in [0.1, 0.15) is 48.3 Å². The number of nitrogens with zero attached hydrogens (tertiary/aromatic N) is 4. The summed E-state index contributed by atoms with van der Waals surface area (Å²) in [7, 11) is 1.67. The maximum absolute atomic E-state index is 12.9. The first kappa shape index (κ1) is 22.0. The molecular formula is C24H29N5O3. The normalized spacial score (nSPS) is 15.2. The molecule has 3 heterocycles. The fraction of sp³-hybridized carbons (Fsp3) is 0.417. The molecule has 1 aromatic carbocycles. The van der Waals surface area contributed by atoms with Crippen LogP contribution in [0.3, 0.4) is 0 Å². The predicted molar refractivity (Wildman–Crippen MR) is 122 cm³/mol. The van der Waals surface area contributed by atoms with Gasteiger partial charge in [-0.25, -0.2) is 4.98 Å². The Bertz CT molecular complexity index is 1120. The Morgan fingerprint density at radius 3 is 2.47 bits per heavy atom. The lowest BCUT2D eigenvalue weighted by atomic mass is 9.95. The molecule has 0 spiro atoms. The van der Waals surface area contributed by atoms with Gasteiger partial charge in [-0.3, -0.25) is 9.59 Å². The van der Waals surface area contributed by atoms with Crippen molar-refractivity contribution in [3.63, 3.8) is 0 Å². The summed E-state index contributed by atoms with van der Waals surface area (Å²) >= 11 is 0. The Hall–Kier alpha value is -3.26. The van der Waals surface area contributed by atoms with Crippen molar-refractivity contribution >= 4 is 23.2 Å². The second-order valence-corrected chi connectivity index (χ2v) is 8.82. The topological polar surface area (TPSA) is 99.8 Å². The van der Waals surface area contributed by atoms with Crippen molar-refractivity contribution in [3.05, 3.63) is 59.4 Å². The monoisotopic (exact) mass is 435 g/mol. The third kappa shape index (κ3) is 4.50. The predicted octanol–water partition coefficient (Wildman–Crippen LogP) is 2.34. The number of aromatic nitrogens is 3. The fourth-order valence-electron chi connectivity index (χ4n) is 4.17. The largest absolute Gasteiger partial charge is 0.386 e. The van der Waals surface area contributed by atoms with Gasteiger partial charge in [-0.1, -0.05) is 24.3 Å². The Labute approximate surface area is 187 Å². The average Bonchev–Trinajstić information content (AvgIpc) is 3.26. The fourth-order valence-corrected chi connectivity index (χ4v) is 4.17. The number of anilines is 1. The maximum atomic E-state index is 12.9. The van der Waals surface area contributed by atoms with Gasteiger partial charge in [0.05, 0.1) is 23.9 Å². The number of aliphatic hydroxyl groups is 1. The molecule has 8 heteroatoms. The van der Waals surface area contributed by atoms with Crippen molar-refractivity contribution in [3.8, 4) is 0 Å². The zero-order chi connectivity index (χ0) is 22.9. The third-order valence-electron chi connectivity index (χ3n) is 6.08. The van der Waals surface area contributed by atoms with Crippen LogP contribution in [0.4, 0.5) is 5.82 Å². The van der Waals surface area contributed by atoms with E-state index in [0.717, 1.165) is 37.3 Å². The smallest absolute Gasteiger partial charge is 0.222 e. The highest BCUT2D eigenvalue weighted by Crippen LogP contribution is 2.25. The number of benzene rings is 1. The van der Waals surface area contributed by atoms with Crippen LogP contribution >= 0.6 is 0 Å². The second-order valence-electron chi connectivity index (χ2n) is 8.82. The van der Waals surface area contributed by atoms with E-state index in [9.17, 15) is 14.7 Å². The summed E-state index contributed by atoms with van der Waals surface area (Å²) in [5.74, 6) is 0.966. The molecule has 8 nitrogen and oxygen atoms in total. The third-order valence-corrected chi connectivity index (χ3v) is 6.08. The van der Waals surface area contributed by atoms with Gasteiger partial charge in [-0.2, -0.15) is 9.61 Å². The number of piperidine rings is 1. The molecule has 2 aromatic heterocycles. The number of hydrogen-bond acceptors (Lipinski definition) is 6. The van der Waals surface area contributed by atoms with Crippen LogP contribution in [0.5, 0.6) is 0 Å². The zero-order valence-corrected chi connectivity index (χ0v) is 18.7. The first-order chi connectivity index (χ1) is 15.3. The highest BCUT2D eigenvalue weighted by atomic mass is 16.3. The summed E-state index contributed by atoms with van der Waals surface area (Å²) in [6.45, 7) is 4.91. The van der Waals surface area contributed by atoms with Crippen molar-refractivity contribution in [2.75, 3.05) is 25.0 Å². The van der Waals surface area contributed by atoms with Gasteiger partial charge >= 0.3 is 0 Å². The molecule has 0 aliphatic carbocycles. The molecule has 168 valence electrons. The molecule has 0 radical (unpaired) electrons. The van der Waals surface area contributed by atoms with E-state index >= 15 is 0 Å². The van der Waals surface area contributed by atoms with Crippen LogP contribution < -0.4 is 10.2 Å². The standard InChI is InChI=1S/C24H29N5O3/c1-24(2,32)18-6-4-16(5-7-18)20(30)14-19-15-22(29-21(27-19)8-11-26-29)28-12-9-17(10-13-28)23(31)25-3/h4-8,11,15,17,32H,9-10,12-14H2,1-3H3,(H,25,31). The molecule has 1 fully saturated rings. The Morgan fingerprint density at radius 1 is 1.16 bits per heavy atom. The molecule has 32 heavy (non-hydrogen) atoms. The highest BCUT2D eigenvalue weighted by molar-refractivity contribution is 5.97. The van der Waals surface area contributed by atoms with E-state index in [0.29, 0.717) is 16.9 Å². The second kappa shape index (κ2) is 8.70. The summed E-state index contributed by atoms with van der Waals surface area (Å²) in [6, 6.07) is 10.8. The van der Waals surface area contributed by atoms with Crippen LogP contribution in [-0.2, 0) is 16.8 Å². The minimum atomic E-state index is -0.948. The number of rotatable bonds is 6. The molecule has 3 aromatic rings. The first-order valence-electron chi connectivity index (χ1n) is 10.9. The van der Waals surface area contributed by atoms with E-state index < -0.39 is 5.60 Å². The zero-order valence-electron chi connectivity index (χ0n) is 18.7. The van der Waals surface area contributed by atoms with Crippen LogP contribution in [0, 0.1) is 5.92 Å². The number of fused-ring (bicyclic) bond motifs is 1. The van der Waals surface area contributed by atoms with E-state index in [4.69, 9.17) is 0 Å². The minimum Gasteiger partial charge on any atom is -0.386 e. The SMILES string of the molecule is CNC(=O)C1CCN(c2cc(CC(=O)c3ccc(C(C)(C)O)cc3)nc3ccnn23)CC1. The Morgan fingerprint density at radius 2 is 1.84 bits per heavy atom. The molecule has 2 N–H and O–H groups in total. The lowest BCUT2D eigenvalue weighted by Gasteiger charge is -2.32. The van der Waals surface area contributed by atoms with Crippen molar-refractivity contribution in [1.82, 2.24) is 19.9 Å². The molecule has 1 aliphatic heterocycles. The minimum absolute atomic E-state index is 0.0270. The molecule has 1 amide bonds. The summed E-state index contributed by atoms with van der Waals surface area (Å²) in [5, 5.41) is 17.3. The van der Waals surface area contributed by atoms with Crippen LogP contribution in [0.2, 0.25) is 0 Å². The van der Waals surface area contributed by atoms with E-state index in [-0.39, 0.29) is 24.0 Å². The van der Waals surface area contributed by atoms with Gasteiger partial charge in [-0.05, 0) is 32.3 Å². The number of hydrogen-bond donors (Lipinski definition) is 2. The van der Waals surface area contributed by atoms with Crippen molar-refractivity contribution in [1.29, 1.82) is 0 Å². The molecule has 1 aliphatic rings. The number of Topliss-reactive ketones (excluding diaryl/α,β-unsaturated/α-hetero) is 1. The summed E-state index contributed by atoms with van der Waals surface area (Å²) in [6.07, 6.45) is 3.41. The lowest BCUT2D eigenvalue weighted by Crippen LogP contribution is -2.40. The van der Waals surface area contributed by atoms with Gasteiger partial charge in [0, 0.05) is 43.8 Å². The summed E-state index contributed by atoms with van der Waals surface area (Å²) < 4.78 is 1.78. The van der Waals surface area contributed by atoms with Crippen molar-refractivity contribution in [2.24, 2.45) is 5.92 Å². The average molecular weight is 436 g/mol. The number of nitrogens with one attached hydrogen (secondary N) is 1. The van der Waals surface area contributed by atoms with Crippen LogP contribution in [0.15, 0.2) is 42.6 Å². The first-order valence-corrected chi connectivity index (χ1v) is 10.9. The van der Waals surface area contributed by atoms with Crippen LogP contribution in [0.25, 0.3) is 5.65 Å². The molecule has 1 saturated heterocycles.